The first-order valence-corrected chi connectivity index (χ1v) is 12.9. The van der Waals surface area contributed by atoms with Gasteiger partial charge in [-0.1, -0.05) is 31.9 Å². The summed E-state index contributed by atoms with van der Waals surface area (Å²) in [5.41, 5.74) is 8.94. The third-order valence-corrected chi connectivity index (χ3v) is 6.41. The van der Waals surface area contributed by atoms with E-state index in [1.54, 1.807) is 20.8 Å². The van der Waals surface area contributed by atoms with E-state index < -0.39 is 17.7 Å². The molecule has 0 saturated heterocycles. The highest BCUT2D eigenvalue weighted by atomic mass is 79.9. The number of hydrogen-bond acceptors (Lipinski definition) is 5. The molecule has 2 aromatic rings. The Morgan fingerprint density at radius 3 is 2.00 bits per heavy atom. The number of aryl methyl sites for hydroxylation is 2. The number of carbonyl (C=O) groups excluding carboxylic acids is 3. The van der Waals surface area contributed by atoms with Crippen LogP contribution in [0.4, 0.5) is 16.2 Å². The van der Waals surface area contributed by atoms with Gasteiger partial charge in [0.2, 0.25) is 11.8 Å². The van der Waals surface area contributed by atoms with Gasteiger partial charge in [-0.15, -0.1) is 0 Å². The van der Waals surface area contributed by atoms with E-state index in [1.807, 2.05) is 36.4 Å². The van der Waals surface area contributed by atoms with Crippen molar-refractivity contribution in [2.45, 2.75) is 64.1 Å². The number of carbonyl (C=O) groups is 3. The Hall–Kier alpha value is -2.43. The minimum Gasteiger partial charge on any atom is -0.444 e. The Balaban J connectivity index is 0.000000211. The van der Waals surface area contributed by atoms with Crippen LogP contribution in [0.5, 0.6) is 0 Å². The van der Waals surface area contributed by atoms with E-state index in [0.717, 1.165) is 37.9 Å². The number of benzene rings is 2. The van der Waals surface area contributed by atoms with Crippen molar-refractivity contribution in [3.63, 3.8) is 0 Å². The molecule has 0 unspecified atom stereocenters. The van der Waals surface area contributed by atoms with Gasteiger partial charge in [-0.25, -0.2) is 4.79 Å². The molecule has 2 heterocycles. The lowest BCUT2D eigenvalue weighted by Gasteiger charge is -2.22. The molecule has 188 valence electrons. The molecule has 5 N–H and O–H groups in total. The van der Waals surface area contributed by atoms with E-state index in [4.69, 9.17) is 10.5 Å². The zero-order valence-corrected chi connectivity index (χ0v) is 23.1. The van der Waals surface area contributed by atoms with Crippen LogP contribution in [0, 0.1) is 0 Å². The van der Waals surface area contributed by atoms with Gasteiger partial charge < -0.3 is 26.4 Å². The first-order valence-electron chi connectivity index (χ1n) is 11.3. The molecule has 0 aliphatic carbocycles. The van der Waals surface area contributed by atoms with E-state index in [1.165, 1.54) is 0 Å². The van der Waals surface area contributed by atoms with Crippen LogP contribution in [-0.4, -0.2) is 35.6 Å². The van der Waals surface area contributed by atoms with Crippen molar-refractivity contribution in [2.75, 3.05) is 10.6 Å². The molecular weight excluding hydrogens is 580 g/mol. The Bertz CT molecular complexity index is 1120. The fourth-order valence-electron chi connectivity index (χ4n) is 3.69. The molecule has 0 spiro atoms. The first kappa shape index (κ1) is 27.2. The van der Waals surface area contributed by atoms with Gasteiger partial charge in [0.25, 0.3) is 0 Å². The van der Waals surface area contributed by atoms with E-state index >= 15 is 0 Å². The van der Waals surface area contributed by atoms with Gasteiger partial charge in [-0.3, -0.25) is 9.59 Å². The number of anilines is 2. The van der Waals surface area contributed by atoms with Crippen LogP contribution in [0.3, 0.4) is 0 Å². The zero-order chi connectivity index (χ0) is 25.8. The first-order chi connectivity index (χ1) is 16.4. The molecule has 10 heteroatoms. The van der Waals surface area contributed by atoms with Crippen molar-refractivity contribution in [1.82, 2.24) is 5.32 Å². The zero-order valence-electron chi connectivity index (χ0n) is 19.9. The average Bonchev–Trinajstić information content (AvgIpc) is 2.99. The van der Waals surface area contributed by atoms with Crippen LogP contribution in [0.1, 0.15) is 44.7 Å². The lowest BCUT2D eigenvalue weighted by Crippen LogP contribution is -2.45. The monoisotopic (exact) mass is 608 g/mol. The largest absolute Gasteiger partial charge is 0.444 e. The summed E-state index contributed by atoms with van der Waals surface area (Å²) in [5, 5.41) is 8.28. The van der Waals surface area contributed by atoms with E-state index in [9.17, 15) is 14.4 Å². The fraction of sp³-hybridized carbons (Fsp3) is 0.400. The molecule has 8 nitrogen and oxygen atoms in total. The second kappa shape index (κ2) is 11.5. The summed E-state index contributed by atoms with van der Waals surface area (Å²) in [6.07, 6.45) is 2.21. The normalized spacial score (nSPS) is 19.4. The molecule has 2 aromatic carbocycles. The number of halogens is 2. The Kier molecular flexibility index (Phi) is 8.95. The highest BCUT2D eigenvalue weighted by Crippen LogP contribution is 2.26. The quantitative estimate of drug-likeness (QED) is 0.367. The maximum atomic E-state index is 12.2. The summed E-state index contributed by atoms with van der Waals surface area (Å²) in [6.45, 7) is 5.35. The molecule has 0 bridgehead atoms. The molecule has 3 amide bonds. The number of nitrogens with one attached hydrogen (secondary N) is 3. The maximum absolute atomic E-state index is 12.2. The van der Waals surface area contributed by atoms with Gasteiger partial charge >= 0.3 is 6.09 Å². The molecule has 0 saturated carbocycles. The molecule has 2 aliphatic rings. The topological polar surface area (TPSA) is 123 Å². The molecule has 35 heavy (non-hydrogen) atoms. The SMILES string of the molecule is CC(C)(C)OC(=O)N[C@H]1CCc2cc(Br)ccc2NC1=O.N[C@H]1CCc2cc(Br)ccc2NC1=O. The maximum Gasteiger partial charge on any atom is 0.408 e. The summed E-state index contributed by atoms with van der Waals surface area (Å²) in [4.78, 5) is 35.4. The van der Waals surface area contributed by atoms with Gasteiger partial charge in [-0.2, -0.15) is 0 Å². The smallest absolute Gasteiger partial charge is 0.408 e. The second-order valence-electron chi connectivity index (χ2n) is 9.46. The third kappa shape index (κ3) is 8.05. The minimum atomic E-state index is -0.592. The van der Waals surface area contributed by atoms with Crippen LogP contribution in [-0.2, 0) is 27.2 Å². The number of ether oxygens (including phenoxy) is 1. The Morgan fingerprint density at radius 2 is 1.46 bits per heavy atom. The van der Waals surface area contributed by atoms with Crippen LogP contribution < -0.4 is 21.7 Å². The van der Waals surface area contributed by atoms with Crippen molar-refractivity contribution in [2.24, 2.45) is 5.73 Å². The van der Waals surface area contributed by atoms with Gasteiger partial charge in [0.1, 0.15) is 11.6 Å². The lowest BCUT2D eigenvalue weighted by atomic mass is 10.1. The van der Waals surface area contributed by atoms with E-state index in [2.05, 4.69) is 47.8 Å². The van der Waals surface area contributed by atoms with Crippen LogP contribution in [0.25, 0.3) is 0 Å². The van der Waals surface area contributed by atoms with Crippen LogP contribution in [0.2, 0.25) is 0 Å². The summed E-state index contributed by atoms with van der Waals surface area (Å²) in [7, 11) is 0. The fourth-order valence-corrected chi connectivity index (χ4v) is 4.50. The molecular formula is C25H30Br2N4O4. The number of nitrogens with two attached hydrogens (primary N) is 1. The Morgan fingerprint density at radius 1 is 0.943 bits per heavy atom. The van der Waals surface area contributed by atoms with Crippen molar-refractivity contribution in [3.8, 4) is 0 Å². The molecule has 4 rings (SSSR count). The van der Waals surface area contributed by atoms with E-state index in [0.29, 0.717) is 19.3 Å². The highest BCUT2D eigenvalue weighted by molar-refractivity contribution is 9.10. The third-order valence-electron chi connectivity index (χ3n) is 5.42. The minimum absolute atomic E-state index is 0.0916. The number of rotatable bonds is 1. The standard InChI is InChI=1S/C15H19BrN2O3.C10H11BrN2O/c1-15(2,3)21-14(20)18-12-6-4-9-8-10(16)5-7-11(9)17-13(12)19;11-7-2-4-9-6(5-7)1-3-8(12)10(14)13-9/h5,7-8,12H,4,6H2,1-3H3,(H,17,19)(H,18,20);2,4-5,8H,1,3,12H2,(H,13,14)/t12-;8-/m00/s1. The number of amides is 3. The van der Waals surface area contributed by atoms with Crippen molar-refractivity contribution >= 4 is 61.1 Å². The predicted molar refractivity (Wildman–Crippen MR) is 143 cm³/mol. The highest BCUT2D eigenvalue weighted by Gasteiger charge is 2.27. The summed E-state index contributed by atoms with van der Waals surface area (Å²) in [5.74, 6) is -0.312. The summed E-state index contributed by atoms with van der Waals surface area (Å²) in [6, 6.07) is 10.6. The molecule has 0 aromatic heterocycles. The number of fused-ring (bicyclic) bond motifs is 2. The van der Waals surface area contributed by atoms with Gasteiger partial charge in [0.05, 0.1) is 6.04 Å². The van der Waals surface area contributed by atoms with Crippen molar-refractivity contribution in [1.29, 1.82) is 0 Å². The summed E-state index contributed by atoms with van der Waals surface area (Å²) >= 11 is 6.82. The lowest BCUT2D eigenvalue weighted by molar-refractivity contribution is -0.118. The number of hydrogen-bond donors (Lipinski definition) is 4. The van der Waals surface area contributed by atoms with Crippen LogP contribution >= 0.6 is 31.9 Å². The molecule has 0 radical (unpaired) electrons. The average molecular weight is 610 g/mol. The van der Waals surface area contributed by atoms with Crippen molar-refractivity contribution in [3.05, 3.63) is 56.5 Å². The molecule has 2 aliphatic heterocycles. The summed E-state index contributed by atoms with van der Waals surface area (Å²) < 4.78 is 7.18. The van der Waals surface area contributed by atoms with E-state index in [-0.39, 0.29) is 17.9 Å². The number of alkyl carbamates (subject to hydrolysis) is 1. The molecule has 2 atom stereocenters. The van der Waals surface area contributed by atoms with Gasteiger partial charge in [-0.05, 0) is 94.0 Å². The van der Waals surface area contributed by atoms with Crippen LogP contribution in [0.15, 0.2) is 45.3 Å². The second-order valence-corrected chi connectivity index (χ2v) is 11.3. The predicted octanol–water partition coefficient (Wildman–Crippen LogP) is 4.89. The Labute approximate surface area is 222 Å². The van der Waals surface area contributed by atoms with Crippen molar-refractivity contribution < 1.29 is 19.1 Å². The van der Waals surface area contributed by atoms with Gasteiger partial charge in [0, 0.05) is 20.3 Å². The van der Waals surface area contributed by atoms with Gasteiger partial charge in [0.15, 0.2) is 0 Å². The molecule has 0 fully saturated rings.